The van der Waals surface area contributed by atoms with Crippen molar-refractivity contribution in [1.29, 1.82) is 0 Å². The number of hydrogen-bond donors (Lipinski definition) is 2. The number of nitrogens with zero attached hydrogens (tertiary/aromatic N) is 1. The van der Waals surface area contributed by atoms with Gasteiger partial charge in [0.2, 0.25) is 0 Å². The van der Waals surface area contributed by atoms with E-state index in [1.165, 1.54) is 0 Å². The number of carboxylic acid groups (broad SMARTS) is 1. The highest BCUT2D eigenvalue weighted by Gasteiger charge is 2.34. The van der Waals surface area contributed by atoms with E-state index in [2.05, 4.69) is 4.90 Å². The minimum Gasteiger partial charge on any atom is -0.481 e. The SMILES string of the molecule is CC(C)(CN1CC(N)C1)C(=O)O. The smallest absolute Gasteiger partial charge is 0.310 e. The summed E-state index contributed by atoms with van der Waals surface area (Å²) in [6, 6.07) is 0.245. The van der Waals surface area contributed by atoms with Gasteiger partial charge in [0, 0.05) is 25.7 Å². The number of rotatable bonds is 3. The molecule has 1 rings (SSSR count). The summed E-state index contributed by atoms with van der Waals surface area (Å²) >= 11 is 0. The van der Waals surface area contributed by atoms with Crippen LogP contribution in [0.15, 0.2) is 0 Å². The standard InChI is InChI=1S/C8H16N2O2/c1-8(2,7(11)12)5-10-3-6(9)4-10/h6H,3-5,9H2,1-2H3,(H,11,12). The highest BCUT2D eigenvalue weighted by Crippen LogP contribution is 2.20. The van der Waals surface area contributed by atoms with Gasteiger partial charge in [0.1, 0.15) is 0 Å². The molecule has 0 radical (unpaired) electrons. The van der Waals surface area contributed by atoms with Gasteiger partial charge in [0.05, 0.1) is 5.41 Å². The quantitative estimate of drug-likeness (QED) is 0.615. The summed E-state index contributed by atoms with van der Waals surface area (Å²) in [4.78, 5) is 12.8. The van der Waals surface area contributed by atoms with Gasteiger partial charge in [-0.25, -0.2) is 0 Å². The van der Waals surface area contributed by atoms with Crippen LogP contribution in [0.5, 0.6) is 0 Å². The van der Waals surface area contributed by atoms with Gasteiger partial charge < -0.3 is 10.8 Å². The first kappa shape index (κ1) is 9.48. The zero-order chi connectivity index (χ0) is 9.35. The summed E-state index contributed by atoms with van der Waals surface area (Å²) in [5.41, 5.74) is 4.92. The molecular weight excluding hydrogens is 156 g/mol. The molecule has 0 amide bonds. The first-order valence-corrected chi connectivity index (χ1v) is 4.13. The summed E-state index contributed by atoms with van der Waals surface area (Å²) in [6.07, 6.45) is 0. The fourth-order valence-electron chi connectivity index (χ4n) is 1.37. The van der Waals surface area contributed by atoms with Crippen LogP contribution >= 0.6 is 0 Å². The van der Waals surface area contributed by atoms with Gasteiger partial charge >= 0.3 is 5.97 Å². The second-order valence-electron chi connectivity index (χ2n) is 4.14. The Kier molecular flexibility index (Phi) is 2.39. The largest absolute Gasteiger partial charge is 0.481 e. The van der Waals surface area contributed by atoms with Crippen molar-refractivity contribution in [2.45, 2.75) is 19.9 Å². The van der Waals surface area contributed by atoms with E-state index in [-0.39, 0.29) is 6.04 Å². The molecule has 0 saturated carbocycles. The lowest BCUT2D eigenvalue weighted by Gasteiger charge is -2.40. The minimum atomic E-state index is -0.747. The molecule has 1 aliphatic heterocycles. The Hall–Kier alpha value is -0.610. The fraction of sp³-hybridized carbons (Fsp3) is 0.875. The summed E-state index contributed by atoms with van der Waals surface area (Å²) in [6.45, 7) is 5.72. The molecule has 70 valence electrons. The molecule has 0 bridgehead atoms. The summed E-state index contributed by atoms with van der Waals surface area (Å²) in [5.74, 6) is -0.747. The molecule has 4 heteroatoms. The van der Waals surface area contributed by atoms with Crippen molar-refractivity contribution in [2.24, 2.45) is 11.1 Å². The van der Waals surface area contributed by atoms with Gasteiger partial charge in [0.15, 0.2) is 0 Å². The van der Waals surface area contributed by atoms with Crippen LogP contribution in [0.2, 0.25) is 0 Å². The predicted octanol–water partition coefficient (Wildman–Crippen LogP) is -0.260. The third-order valence-corrected chi connectivity index (χ3v) is 2.18. The highest BCUT2D eigenvalue weighted by atomic mass is 16.4. The van der Waals surface area contributed by atoms with E-state index in [4.69, 9.17) is 10.8 Å². The number of nitrogens with two attached hydrogens (primary N) is 1. The topological polar surface area (TPSA) is 66.6 Å². The van der Waals surface area contributed by atoms with Gasteiger partial charge in [-0.05, 0) is 13.8 Å². The van der Waals surface area contributed by atoms with Crippen molar-refractivity contribution >= 4 is 5.97 Å². The molecule has 0 aromatic heterocycles. The summed E-state index contributed by atoms with van der Waals surface area (Å²) in [7, 11) is 0. The Morgan fingerprint density at radius 3 is 2.50 bits per heavy atom. The molecule has 1 fully saturated rings. The van der Waals surface area contributed by atoms with Crippen LogP contribution in [0.25, 0.3) is 0 Å². The Bertz CT molecular complexity index is 185. The third kappa shape index (κ3) is 1.95. The molecule has 4 nitrogen and oxygen atoms in total. The molecule has 0 spiro atoms. The molecule has 1 heterocycles. The number of aliphatic carboxylic acids is 1. The van der Waals surface area contributed by atoms with Gasteiger partial charge in [-0.2, -0.15) is 0 Å². The molecule has 0 unspecified atom stereocenters. The zero-order valence-corrected chi connectivity index (χ0v) is 7.58. The van der Waals surface area contributed by atoms with Crippen LogP contribution in [-0.4, -0.2) is 41.7 Å². The lowest BCUT2D eigenvalue weighted by atomic mass is 9.91. The van der Waals surface area contributed by atoms with E-state index in [1.807, 2.05) is 0 Å². The summed E-state index contributed by atoms with van der Waals surface area (Å²) < 4.78 is 0. The van der Waals surface area contributed by atoms with Crippen molar-refractivity contribution in [3.05, 3.63) is 0 Å². The molecule has 0 aromatic rings. The Balaban J connectivity index is 2.35. The van der Waals surface area contributed by atoms with E-state index in [0.717, 1.165) is 13.1 Å². The molecule has 0 aromatic carbocycles. The predicted molar refractivity (Wildman–Crippen MR) is 45.8 cm³/mol. The van der Waals surface area contributed by atoms with Crippen LogP contribution in [0, 0.1) is 5.41 Å². The van der Waals surface area contributed by atoms with E-state index >= 15 is 0 Å². The minimum absolute atomic E-state index is 0.245. The number of carboxylic acids is 1. The number of carbonyl (C=O) groups is 1. The molecule has 0 aliphatic carbocycles. The maximum absolute atomic E-state index is 10.7. The Morgan fingerprint density at radius 2 is 2.17 bits per heavy atom. The van der Waals surface area contributed by atoms with Gasteiger partial charge in [-0.3, -0.25) is 9.69 Å². The van der Waals surface area contributed by atoms with Gasteiger partial charge in [-0.1, -0.05) is 0 Å². The molecular formula is C8H16N2O2. The first-order valence-electron chi connectivity index (χ1n) is 4.13. The van der Waals surface area contributed by atoms with Crippen molar-refractivity contribution in [3.63, 3.8) is 0 Å². The van der Waals surface area contributed by atoms with Crippen molar-refractivity contribution in [3.8, 4) is 0 Å². The van der Waals surface area contributed by atoms with E-state index in [1.54, 1.807) is 13.8 Å². The van der Waals surface area contributed by atoms with Crippen LogP contribution in [0.3, 0.4) is 0 Å². The maximum Gasteiger partial charge on any atom is 0.310 e. The molecule has 3 N–H and O–H groups in total. The molecule has 1 saturated heterocycles. The molecule has 12 heavy (non-hydrogen) atoms. The normalized spacial score (nSPS) is 20.6. The van der Waals surface area contributed by atoms with Crippen LogP contribution < -0.4 is 5.73 Å². The molecule has 1 aliphatic rings. The van der Waals surface area contributed by atoms with Gasteiger partial charge in [-0.15, -0.1) is 0 Å². The second-order valence-corrected chi connectivity index (χ2v) is 4.14. The second kappa shape index (κ2) is 3.03. The third-order valence-electron chi connectivity index (χ3n) is 2.18. The lowest BCUT2D eigenvalue weighted by Crippen LogP contribution is -2.58. The monoisotopic (exact) mass is 172 g/mol. The average molecular weight is 172 g/mol. The van der Waals surface area contributed by atoms with E-state index in [9.17, 15) is 4.79 Å². The highest BCUT2D eigenvalue weighted by molar-refractivity contribution is 5.73. The van der Waals surface area contributed by atoms with Crippen molar-refractivity contribution in [2.75, 3.05) is 19.6 Å². The Morgan fingerprint density at radius 1 is 1.67 bits per heavy atom. The number of hydrogen-bond acceptors (Lipinski definition) is 3. The maximum atomic E-state index is 10.7. The fourth-order valence-corrected chi connectivity index (χ4v) is 1.37. The molecule has 0 atom stereocenters. The first-order chi connectivity index (χ1) is 5.42. The van der Waals surface area contributed by atoms with Crippen LogP contribution in [-0.2, 0) is 4.79 Å². The van der Waals surface area contributed by atoms with Crippen LogP contribution in [0.1, 0.15) is 13.8 Å². The number of likely N-dealkylation sites (tertiary alicyclic amines) is 1. The zero-order valence-electron chi connectivity index (χ0n) is 7.58. The lowest BCUT2D eigenvalue weighted by molar-refractivity contribution is -0.148. The average Bonchev–Trinajstić information content (AvgIpc) is 1.83. The van der Waals surface area contributed by atoms with E-state index < -0.39 is 11.4 Å². The van der Waals surface area contributed by atoms with Crippen molar-refractivity contribution in [1.82, 2.24) is 4.90 Å². The van der Waals surface area contributed by atoms with Gasteiger partial charge in [0.25, 0.3) is 0 Å². The van der Waals surface area contributed by atoms with Crippen molar-refractivity contribution < 1.29 is 9.90 Å². The summed E-state index contributed by atoms with van der Waals surface area (Å²) in [5, 5.41) is 8.82. The Labute approximate surface area is 72.3 Å². The van der Waals surface area contributed by atoms with E-state index in [0.29, 0.717) is 6.54 Å². The van der Waals surface area contributed by atoms with Crippen LogP contribution in [0.4, 0.5) is 0 Å².